The molecule has 4 rings (SSSR count). The van der Waals surface area contributed by atoms with Gasteiger partial charge in [-0.25, -0.2) is 9.97 Å². The Kier molecular flexibility index (Phi) is 5.15. The van der Waals surface area contributed by atoms with Crippen LogP contribution in [0.1, 0.15) is 23.9 Å². The Labute approximate surface area is 166 Å². The summed E-state index contributed by atoms with van der Waals surface area (Å²) in [6.45, 7) is 5.01. The Hall–Kier alpha value is -3.08. The minimum atomic E-state index is 0.388. The zero-order valence-corrected chi connectivity index (χ0v) is 16.6. The number of aromatic nitrogens is 2. The largest absolute Gasteiger partial charge is 0.497 e. The van der Waals surface area contributed by atoms with Crippen LogP contribution in [0.4, 0.5) is 17.3 Å². The summed E-state index contributed by atoms with van der Waals surface area (Å²) in [4.78, 5) is 11.6. The van der Waals surface area contributed by atoms with Crippen LogP contribution in [-0.4, -0.2) is 29.7 Å². The molecule has 1 unspecified atom stereocenters. The Morgan fingerprint density at radius 1 is 1.11 bits per heavy atom. The molecular formula is C23H26N4O. The number of hydrogen-bond acceptors (Lipinski definition) is 5. The van der Waals surface area contributed by atoms with Gasteiger partial charge >= 0.3 is 0 Å². The number of aryl methyl sites for hydroxylation is 1. The number of rotatable bonds is 6. The zero-order chi connectivity index (χ0) is 19.5. The van der Waals surface area contributed by atoms with Gasteiger partial charge in [-0.1, -0.05) is 30.3 Å². The molecule has 0 aliphatic carbocycles. The van der Waals surface area contributed by atoms with E-state index in [9.17, 15) is 0 Å². The van der Waals surface area contributed by atoms with Crippen LogP contribution in [0.25, 0.3) is 0 Å². The predicted molar refractivity (Wildman–Crippen MR) is 114 cm³/mol. The molecule has 0 saturated carbocycles. The van der Waals surface area contributed by atoms with E-state index < -0.39 is 0 Å². The Bertz CT molecular complexity index is 955. The first-order valence-corrected chi connectivity index (χ1v) is 9.73. The summed E-state index contributed by atoms with van der Waals surface area (Å²) in [5, 5.41) is 3.46. The monoisotopic (exact) mass is 374 g/mol. The average molecular weight is 374 g/mol. The van der Waals surface area contributed by atoms with Gasteiger partial charge < -0.3 is 15.0 Å². The van der Waals surface area contributed by atoms with Crippen LogP contribution >= 0.6 is 0 Å². The topological polar surface area (TPSA) is 50.3 Å². The molecule has 0 amide bonds. The lowest BCUT2D eigenvalue weighted by Gasteiger charge is -2.24. The number of hydrogen-bond donors (Lipinski definition) is 1. The van der Waals surface area contributed by atoms with Gasteiger partial charge in [0.05, 0.1) is 7.11 Å². The van der Waals surface area contributed by atoms with Gasteiger partial charge in [0.1, 0.15) is 23.2 Å². The highest BCUT2D eigenvalue weighted by Crippen LogP contribution is 2.37. The quantitative estimate of drug-likeness (QED) is 0.687. The van der Waals surface area contributed by atoms with Crippen LogP contribution in [-0.2, 0) is 12.8 Å². The van der Waals surface area contributed by atoms with Crippen molar-refractivity contribution in [3.8, 4) is 5.75 Å². The third-order valence-corrected chi connectivity index (χ3v) is 5.16. The van der Waals surface area contributed by atoms with E-state index >= 15 is 0 Å². The van der Waals surface area contributed by atoms with Gasteiger partial charge in [0.25, 0.3) is 0 Å². The van der Waals surface area contributed by atoms with Crippen LogP contribution < -0.4 is 15.0 Å². The maximum atomic E-state index is 5.21. The van der Waals surface area contributed by atoms with Crippen LogP contribution in [0, 0.1) is 6.92 Å². The molecule has 0 radical (unpaired) electrons. The van der Waals surface area contributed by atoms with E-state index in [-0.39, 0.29) is 0 Å². The molecule has 1 aromatic heterocycles. The van der Waals surface area contributed by atoms with Gasteiger partial charge in [-0.2, -0.15) is 0 Å². The zero-order valence-electron chi connectivity index (χ0n) is 16.6. The Morgan fingerprint density at radius 2 is 1.89 bits per heavy atom. The number of nitrogens with zero attached hydrogens (tertiary/aromatic N) is 3. The number of para-hydroxylation sites is 1. The summed E-state index contributed by atoms with van der Waals surface area (Å²) >= 11 is 0. The molecule has 5 nitrogen and oxygen atoms in total. The summed E-state index contributed by atoms with van der Waals surface area (Å²) in [6.07, 6.45) is 1.96. The summed E-state index contributed by atoms with van der Waals surface area (Å²) in [7, 11) is 1.69. The van der Waals surface area contributed by atoms with E-state index in [2.05, 4.69) is 64.6 Å². The second kappa shape index (κ2) is 7.89. The molecule has 2 aromatic carbocycles. The van der Waals surface area contributed by atoms with Gasteiger partial charge in [-0.15, -0.1) is 0 Å². The molecule has 28 heavy (non-hydrogen) atoms. The number of nitrogens with one attached hydrogen (secondary N) is 1. The molecule has 0 saturated heterocycles. The third kappa shape index (κ3) is 3.79. The van der Waals surface area contributed by atoms with Gasteiger partial charge in [0, 0.05) is 24.3 Å². The van der Waals surface area contributed by atoms with Gasteiger partial charge in [0.2, 0.25) is 0 Å². The van der Waals surface area contributed by atoms with E-state index in [1.54, 1.807) is 7.11 Å². The van der Waals surface area contributed by atoms with Crippen molar-refractivity contribution in [3.05, 3.63) is 71.5 Å². The molecule has 0 spiro atoms. The Balaban J connectivity index is 1.48. The minimum Gasteiger partial charge on any atom is -0.497 e. The van der Waals surface area contributed by atoms with Crippen molar-refractivity contribution in [2.75, 3.05) is 23.9 Å². The van der Waals surface area contributed by atoms with Crippen LogP contribution in [0.15, 0.2) is 54.6 Å². The Morgan fingerprint density at radius 3 is 2.68 bits per heavy atom. The first-order chi connectivity index (χ1) is 13.6. The van der Waals surface area contributed by atoms with E-state index in [1.165, 1.54) is 16.8 Å². The minimum absolute atomic E-state index is 0.388. The van der Waals surface area contributed by atoms with Crippen molar-refractivity contribution >= 4 is 17.3 Å². The lowest BCUT2D eigenvalue weighted by molar-refractivity contribution is 0.414. The normalized spacial score (nSPS) is 15.4. The number of fused-ring (bicyclic) bond motifs is 1. The molecular weight excluding hydrogens is 348 g/mol. The predicted octanol–water partition coefficient (Wildman–Crippen LogP) is 4.53. The van der Waals surface area contributed by atoms with Crippen LogP contribution in [0.5, 0.6) is 5.75 Å². The number of anilines is 3. The molecule has 0 bridgehead atoms. The number of methoxy groups -OCH3 is 1. The van der Waals surface area contributed by atoms with Crippen molar-refractivity contribution in [3.63, 3.8) is 0 Å². The number of ether oxygens (including phenoxy) is 1. The molecule has 1 aliphatic heterocycles. The smallest absolute Gasteiger partial charge is 0.139 e. The highest BCUT2D eigenvalue weighted by atomic mass is 16.5. The first kappa shape index (κ1) is 18.3. The molecule has 1 aliphatic rings. The van der Waals surface area contributed by atoms with Crippen molar-refractivity contribution in [2.45, 2.75) is 32.7 Å². The standard InChI is InChI=1S/C23H26N4O/c1-16-14-19-6-4-5-7-21(19)27(16)23-15-22(25-17(2)26-23)24-13-12-18-8-10-20(28-3)11-9-18/h4-11,15-16H,12-14H2,1-3H3,(H,24,25,26). The van der Waals surface area contributed by atoms with E-state index in [0.29, 0.717) is 6.04 Å². The maximum Gasteiger partial charge on any atom is 0.139 e. The summed E-state index contributed by atoms with van der Waals surface area (Å²) in [6, 6.07) is 19.2. The molecule has 1 atom stereocenters. The fourth-order valence-electron chi connectivity index (χ4n) is 3.81. The molecule has 0 fully saturated rings. The van der Waals surface area contributed by atoms with Crippen LogP contribution in [0.3, 0.4) is 0 Å². The lowest BCUT2D eigenvalue weighted by Crippen LogP contribution is -2.25. The lowest BCUT2D eigenvalue weighted by atomic mass is 10.1. The van der Waals surface area contributed by atoms with E-state index in [4.69, 9.17) is 9.72 Å². The second-order valence-corrected chi connectivity index (χ2v) is 7.24. The van der Waals surface area contributed by atoms with Crippen molar-refractivity contribution < 1.29 is 4.74 Å². The van der Waals surface area contributed by atoms with Crippen molar-refractivity contribution in [1.29, 1.82) is 0 Å². The van der Waals surface area contributed by atoms with Gasteiger partial charge in [-0.3, -0.25) is 0 Å². The average Bonchev–Trinajstić information content (AvgIpc) is 3.04. The number of benzene rings is 2. The third-order valence-electron chi connectivity index (χ3n) is 5.16. The fraction of sp³-hybridized carbons (Fsp3) is 0.304. The SMILES string of the molecule is COc1ccc(CCNc2cc(N3c4ccccc4CC3C)nc(C)n2)cc1. The molecule has 3 aromatic rings. The highest BCUT2D eigenvalue weighted by Gasteiger charge is 2.28. The van der Waals surface area contributed by atoms with Gasteiger partial charge in [-0.05, 0) is 56.0 Å². The summed E-state index contributed by atoms with van der Waals surface area (Å²) in [5.74, 6) is 3.48. The summed E-state index contributed by atoms with van der Waals surface area (Å²) < 4.78 is 5.21. The van der Waals surface area contributed by atoms with E-state index in [0.717, 1.165) is 42.6 Å². The highest BCUT2D eigenvalue weighted by molar-refractivity contribution is 5.70. The molecule has 144 valence electrons. The summed E-state index contributed by atoms with van der Waals surface area (Å²) in [5.41, 5.74) is 3.89. The molecule has 1 N–H and O–H groups in total. The maximum absolute atomic E-state index is 5.21. The van der Waals surface area contributed by atoms with Gasteiger partial charge in [0.15, 0.2) is 0 Å². The van der Waals surface area contributed by atoms with Crippen LogP contribution in [0.2, 0.25) is 0 Å². The van der Waals surface area contributed by atoms with E-state index in [1.807, 2.05) is 19.1 Å². The second-order valence-electron chi connectivity index (χ2n) is 7.24. The fourth-order valence-corrected chi connectivity index (χ4v) is 3.81. The van der Waals surface area contributed by atoms with Crippen molar-refractivity contribution in [1.82, 2.24) is 9.97 Å². The van der Waals surface area contributed by atoms with Crippen molar-refractivity contribution in [2.24, 2.45) is 0 Å². The first-order valence-electron chi connectivity index (χ1n) is 9.73. The molecule has 5 heteroatoms. The molecule has 2 heterocycles.